The molecule has 4 aliphatic carbocycles. The monoisotopic (exact) mass is 494 g/mol. The molecule has 4 rings (SSSR count). The van der Waals surface area contributed by atoms with Crippen molar-refractivity contribution in [3.05, 3.63) is 23.8 Å². The summed E-state index contributed by atoms with van der Waals surface area (Å²) in [6.45, 7) is 9.47. The number of halogens is 1. The minimum Gasteiger partial charge on any atom is -0.481 e. The van der Waals surface area contributed by atoms with Crippen LogP contribution in [0.4, 0.5) is 4.39 Å². The Morgan fingerprint density at radius 2 is 1.77 bits per heavy atom. The molecule has 7 nitrogen and oxygen atoms in total. The van der Waals surface area contributed by atoms with Crippen LogP contribution in [0.5, 0.6) is 0 Å². The van der Waals surface area contributed by atoms with Crippen LogP contribution < -0.4 is 0 Å². The first-order valence-corrected chi connectivity index (χ1v) is 12.3. The van der Waals surface area contributed by atoms with E-state index in [9.17, 15) is 29.7 Å². The SMILES string of the molecule is CC(C)(C)C(=O)O.C[C@@H]1C[C@H]2[C@@H]3CCC4=CC(=O)C=C[C@]4(C)[C@@]3(F)[C@@H](O)C[C@]2(C)[C@@]1(O)C(=O)CO. The van der Waals surface area contributed by atoms with E-state index in [-0.39, 0.29) is 18.1 Å². The number of fused-ring (bicyclic) bond motifs is 5. The van der Waals surface area contributed by atoms with Gasteiger partial charge in [0.2, 0.25) is 0 Å². The highest BCUT2D eigenvalue weighted by atomic mass is 19.1. The zero-order valence-corrected chi connectivity index (χ0v) is 21.5. The molecule has 0 aromatic heterocycles. The van der Waals surface area contributed by atoms with Gasteiger partial charge < -0.3 is 20.4 Å². The number of allylic oxidation sites excluding steroid dienone is 4. The van der Waals surface area contributed by atoms with Gasteiger partial charge in [0.15, 0.2) is 17.2 Å². The predicted octanol–water partition coefficient (Wildman–Crippen LogP) is 3.01. The molecule has 35 heavy (non-hydrogen) atoms. The summed E-state index contributed by atoms with van der Waals surface area (Å²) in [6.07, 6.45) is 4.44. The summed E-state index contributed by atoms with van der Waals surface area (Å²) in [5.41, 5.74) is -5.75. The largest absolute Gasteiger partial charge is 0.481 e. The zero-order valence-electron chi connectivity index (χ0n) is 21.5. The molecule has 3 saturated carbocycles. The molecule has 0 saturated heterocycles. The molecule has 0 heterocycles. The van der Waals surface area contributed by atoms with Gasteiger partial charge in [0.05, 0.1) is 11.5 Å². The summed E-state index contributed by atoms with van der Waals surface area (Å²) in [4.78, 5) is 34.4. The van der Waals surface area contributed by atoms with Crippen LogP contribution in [0.3, 0.4) is 0 Å². The van der Waals surface area contributed by atoms with Gasteiger partial charge in [0.25, 0.3) is 0 Å². The fraction of sp³-hybridized carbons (Fsp3) is 0.741. The van der Waals surface area contributed by atoms with Crippen LogP contribution in [-0.4, -0.2) is 61.9 Å². The summed E-state index contributed by atoms with van der Waals surface area (Å²) in [7, 11) is 0. The molecule has 0 aromatic rings. The van der Waals surface area contributed by atoms with Gasteiger partial charge in [0, 0.05) is 16.7 Å². The maximum atomic E-state index is 16.9. The Hall–Kier alpha value is -1.90. The molecule has 3 fully saturated rings. The summed E-state index contributed by atoms with van der Waals surface area (Å²) >= 11 is 0. The number of aliphatic carboxylic acids is 1. The second-order valence-corrected chi connectivity index (χ2v) is 12.3. The Bertz CT molecular complexity index is 981. The highest BCUT2D eigenvalue weighted by Gasteiger charge is 2.75. The van der Waals surface area contributed by atoms with E-state index in [0.717, 1.165) is 0 Å². The van der Waals surface area contributed by atoms with Crippen molar-refractivity contribution in [1.29, 1.82) is 0 Å². The first-order chi connectivity index (χ1) is 15.9. The Labute approximate surface area is 206 Å². The number of carbonyl (C=O) groups excluding carboxylic acids is 2. The van der Waals surface area contributed by atoms with E-state index in [4.69, 9.17) is 5.11 Å². The maximum Gasteiger partial charge on any atom is 0.308 e. The Morgan fingerprint density at radius 3 is 2.29 bits per heavy atom. The number of hydrogen-bond donors (Lipinski definition) is 4. The topological polar surface area (TPSA) is 132 Å². The van der Waals surface area contributed by atoms with Crippen molar-refractivity contribution in [2.24, 2.45) is 34.0 Å². The standard InChI is InChI=1S/C22H29FO5.C5H10O2/c1-12-8-16-15-5-4-13-9-14(25)6-7-19(13,2)21(15,23)17(26)10-20(16,3)22(12,28)18(27)11-24;1-5(2,3)4(6)7/h6-7,9,12,15-17,24,26,28H,4-5,8,10-11H2,1-3H3;1-3H3,(H,6,7)/t12-,15+,16+,17+,19+,20+,21+,22+;/m1./s1. The number of carboxylic acids is 1. The summed E-state index contributed by atoms with van der Waals surface area (Å²) < 4.78 is 16.9. The molecule has 0 aromatic carbocycles. The van der Waals surface area contributed by atoms with Crippen molar-refractivity contribution < 1.29 is 39.2 Å². The molecule has 4 N–H and O–H groups in total. The lowest BCUT2D eigenvalue weighted by molar-refractivity contribution is -0.219. The number of carbonyl (C=O) groups is 3. The van der Waals surface area contributed by atoms with Crippen molar-refractivity contribution in [2.75, 3.05) is 6.61 Å². The summed E-state index contributed by atoms with van der Waals surface area (Å²) in [6, 6.07) is 0. The molecule has 0 amide bonds. The number of rotatable bonds is 2. The molecule has 0 unspecified atom stereocenters. The lowest BCUT2D eigenvalue weighted by atomic mass is 9.44. The number of aliphatic hydroxyl groups excluding tert-OH is 2. The lowest BCUT2D eigenvalue weighted by Crippen LogP contribution is -2.69. The molecule has 8 heteroatoms. The van der Waals surface area contributed by atoms with Crippen LogP contribution in [-0.2, 0) is 14.4 Å². The molecule has 0 radical (unpaired) electrons. The van der Waals surface area contributed by atoms with Gasteiger partial charge >= 0.3 is 5.97 Å². The van der Waals surface area contributed by atoms with E-state index in [2.05, 4.69) is 0 Å². The fourth-order valence-electron chi connectivity index (χ4n) is 7.26. The second kappa shape index (κ2) is 8.60. The fourth-order valence-corrected chi connectivity index (χ4v) is 7.26. The highest BCUT2D eigenvalue weighted by molar-refractivity contribution is 6.01. The van der Waals surface area contributed by atoms with Crippen LogP contribution in [0.1, 0.15) is 67.2 Å². The van der Waals surface area contributed by atoms with E-state index < -0.39 is 63.8 Å². The molecule has 8 atom stereocenters. The zero-order chi connectivity index (χ0) is 26.8. The van der Waals surface area contributed by atoms with Crippen molar-refractivity contribution in [3.63, 3.8) is 0 Å². The maximum absolute atomic E-state index is 16.9. The normalized spacial score (nSPS) is 44.3. The molecule has 0 bridgehead atoms. The van der Waals surface area contributed by atoms with Gasteiger partial charge in [0.1, 0.15) is 12.2 Å². The molecule has 0 aliphatic heterocycles. The average Bonchev–Trinajstić information content (AvgIpc) is 2.96. The number of ketones is 2. The van der Waals surface area contributed by atoms with Crippen molar-refractivity contribution in [3.8, 4) is 0 Å². The Balaban J connectivity index is 0.000000429. The number of hydrogen-bond acceptors (Lipinski definition) is 6. The quantitative estimate of drug-likeness (QED) is 0.464. The number of Topliss-reactive ketones (excluding diaryl/α,β-unsaturated/α-hetero) is 1. The Morgan fingerprint density at radius 1 is 1.20 bits per heavy atom. The van der Waals surface area contributed by atoms with Gasteiger partial charge in [-0.15, -0.1) is 0 Å². The predicted molar refractivity (Wildman–Crippen MR) is 127 cm³/mol. The smallest absolute Gasteiger partial charge is 0.308 e. The van der Waals surface area contributed by atoms with Crippen LogP contribution >= 0.6 is 0 Å². The second-order valence-electron chi connectivity index (χ2n) is 12.3. The van der Waals surface area contributed by atoms with Crippen molar-refractivity contribution in [1.82, 2.24) is 0 Å². The van der Waals surface area contributed by atoms with E-state index in [1.54, 1.807) is 47.6 Å². The number of carboxylic acid groups (broad SMARTS) is 1. The first kappa shape index (κ1) is 27.7. The van der Waals surface area contributed by atoms with Crippen molar-refractivity contribution >= 4 is 17.5 Å². The Kier molecular flexibility index (Phi) is 6.80. The summed E-state index contributed by atoms with van der Waals surface area (Å²) in [5.74, 6) is -2.88. The van der Waals surface area contributed by atoms with Crippen LogP contribution in [0.25, 0.3) is 0 Å². The lowest BCUT2D eigenvalue weighted by Gasteiger charge is -2.62. The molecular formula is C27H39FO7. The minimum absolute atomic E-state index is 0.0676. The minimum atomic E-state index is -1.98. The number of aliphatic hydroxyl groups is 3. The average molecular weight is 495 g/mol. The van der Waals surface area contributed by atoms with Gasteiger partial charge in [-0.25, -0.2) is 4.39 Å². The first-order valence-electron chi connectivity index (χ1n) is 12.3. The van der Waals surface area contributed by atoms with E-state index >= 15 is 4.39 Å². The van der Waals surface area contributed by atoms with Gasteiger partial charge in [-0.2, -0.15) is 0 Å². The van der Waals surface area contributed by atoms with Gasteiger partial charge in [-0.05, 0) is 77.4 Å². The van der Waals surface area contributed by atoms with Gasteiger partial charge in [-0.3, -0.25) is 14.4 Å². The molecule has 196 valence electrons. The van der Waals surface area contributed by atoms with E-state index in [0.29, 0.717) is 24.8 Å². The highest BCUT2D eigenvalue weighted by Crippen LogP contribution is 2.70. The van der Waals surface area contributed by atoms with Crippen LogP contribution in [0.2, 0.25) is 0 Å². The third-order valence-corrected chi connectivity index (χ3v) is 9.43. The van der Waals surface area contributed by atoms with Crippen LogP contribution in [0.15, 0.2) is 23.8 Å². The number of alkyl halides is 1. The molecular weight excluding hydrogens is 455 g/mol. The van der Waals surface area contributed by atoms with Crippen LogP contribution in [0, 0.1) is 34.0 Å². The van der Waals surface area contributed by atoms with E-state index in [1.807, 2.05) is 0 Å². The molecule has 0 spiro atoms. The third-order valence-electron chi connectivity index (χ3n) is 9.43. The van der Waals surface area contributed by atoms with Crippen molar-refractivity contribution in [2.45, 2.75) is 84.6 Å². The summed E-state index contributed by atoms with van der Waals surface area (Å²) in [5, 5.41) is 40.2. The molecule has 4 aliphatic rings. The third kappa shape index (κ3) is 3.75. The van der Waals surface area contributed by atoms with Gasteiger partial charge in [-0.1, -0.05) is 25.5 Å². The van der Waals surface area contributed by atoms with E-state index in [1.165, 1.54) is 12.2 Å².